The van der Waals surface area contributed by atoms with Crippen molar-refractivity contribution in [3.63, 3.8) is 0 Å². The van der Waals surface area contributed by atoms with Gasteiger partial charge in [0.2, 0.25) is 5.91 Å². The van der Waals surface area contributed by atoms with E-state index in [1.165, 1.54) is 11.1 Å². The molecule has 2 aromatic rings. The maximum absolute atomic E-state index is 13.3. The molecular weight excluding hydrogens is 458 g/mol. The number of benzene rings is 2. The Morgan fingerprint density at radius 3 is 1.76 bits per heavy atom. The molecule has 2 aliphatic rings. The Bertz CT molecular complexity index is 1020. The number of piperazine rings is 1. The van der Waals surface area contributed by atoms with E-state index in [1.54, 1.807) is 0 Å². The van der Waals surface area contributed by atoms with Gasteiger partial charge in [0.05, 0.1) is 0 Å². The summed E-state index contributed by atoms with van der Waals surface area (Å²) < 4.78 is 0. The van der Waals surface area contributed by atoms with Gasteiger partial charge in [0.25, 0.3) is 0 Å². The highest BCUT2D eigenvalue weighted by Gasteiger charge is 2.31. The molecule has 0 atom stereocenters. The zero-order valence-electron chi connectivity index (χ0n) is 23.9. The lowest BCUT2D eigenvalue weighted by Crippen LogP contribution is -2.51. The number of nitrogens with zero attached hydrogens (tertiary/aromatic N) is 3. The first-order chi connectivity index (χ1) is 17.4. The van der Waals surface area contributed by atoms with Gasteiger partial charge in [-0.05, 0) is 59.0 Å². The first kappa shape index (κ1) is 27.7. The summed E-state index contributed by atoms with van der Waals surface area (Å²) in [6.45, 7) is 20.3. The van der Waals surface area contributed by atoms with Crippen molar-refractivity contribution in [2.75, 3.05) is 39.3 Å². The zero-order valence-corrected chi connectivity index (χ0v) is 23.9. The third kappa shape index (κ3) is 6.94. The highest BCUT2D eigenvalue weighted by Crippen LogP contribution is 2.40. The van der Waals surface area contributed by atoms with Gasteiger partial charge in [0.15, 0.2) is 0 Å². The Labute approximate surface area is 224 Å². The van der Waals surface area contributed by atoms with Crippen molar-refractivity contribution in [2.45, 2.75) is 78.3 Å². The summed E-state index contributed by atoms with van der Waals surface area (Å²) in [5.41, 5.74) is 4.40. The maximum Gasteiger partial charge on any atom is 0.225 e. The van der Waals surface area contributed by atoms with Gasteiger partial charge < -0.3 is 10.0 Å². The Balaban J connectivity index is 1.31. The maximum atomic E-state index is 13.3. The Morgan fingerprint density at radius 1 is 0.757 bits per heavy atom. The molecule has 0 unspecified atom stereocenters. The van der Waals surface area contributed by atoms with Gasteiger partial charge in [-0.2, -0.15) is 0 Å². The minimum absolute atomic E-state index is 0.120. The molecule has 0 spiro atoms. The standard InChI is InChI=1S/C32H47N3O2/c1-31(2,3)27-20-25(21-28(29(27)36)32(4,5)6)23-33-14-12-26(13-15-33)30(37)35-18-16-34(17-19-35)22-24-10-8-7-9-11-24/h7-11,20-21,26,36H,12-19,22-23H2,1-6H3. The highest BCUT2D eigenvalue weighted by molar-refractivity contribution is 5.79. The number of likely N-dealkylation sites (tertiary alicyclic amines) is 1. The summed E-state index contributed by atoms with van der Waals surface area (Å²) in [6, 6.07) is 15.0. The van der Waals surface area contributed by atoms with E-state index in [0.717, 1.165) is 76.3 Å². The summed E-state index contributed by atoms with van der Waals surface area (Å²) in [6.07, 6.45) is 1.86. The van der Waals surface area contributed by atoms with Crippen LogP contribution in [-0.4, -0.2) is 65.0 Å². The number of carbonyl (C=O) groups is 1. The number of amides is 1. The van der Waals surface area contributed by atoms with Crippen molar-refractivity contribution >= 4 is 5.91 Å². The largest absolute Gasteiger partial charge is 0.507 e. The van der Waals surface area contributed by atoms with Crippen LogP contribution in [0.5, 0.6) is 5.75 Å². The van der Waals surface area contributed by atoms with Crippen molar-refractivity contribution in [2.24, 2.45) is 5.92 Å². The molecule has 5 nitrogen and oxygen atoms in total. The van der Waals surface area contributed by atoms with Crippen molar-refractivity contribution in [3.8, 4) is 5.75 Å². The minimum atomic E-state index is -0.120. The highest BCUT2D eigenvalue weighted by atomic mass is 16.3. The van der Waals surface area contributed by atoms with Crippen molar-refractivity contribution in [3.05, 3.63) is 64.7 Å². The topological polar surface area (TPSA) is 47.0 Å². The van der Waals surface area contributed by atoms with E-state index in [1.807, 2.05) is 0 Å². The summed E-state index contributed by atoms with van der Waals surface area (Å²) in [5.74, 6) is 0.942. The number of phenolic OH excluding ortho intramolecular Hbond substituents is 1. The summed E-state index contributed by atoms with van der Waals surface area (Å²) in [4.78, 5) is 20.3. The summed E-state index contributed by atoms with van der Waals surface area (Å²) in [5, 5.41) is 11.0. The molecule has 2 fully saturated rings. The number of hydrogen-bond acceptors (Lipinski definition) is 4. The van der Waals surface area contributed by atoms with Crippen molar-refractivity contribution in [1.82, 2.24) is 14.7 Å². The van der Waals surface area contributed by atoms with Gasteiger partial charge in [-0.25, -0.2) is 0 Å². The lowest BCUT2D eigenvalue weighted by Gasteiger charge is -2.38. The molecule has 2 aliphatic heterocycles. The van der Waals surface area contributed by atoms with E-state index in [4.69, 9.17) is 0 Å². The molecule has 0 bridgehead atoms. The number of piperidine rings is 1. The second-order valence-electron chi connectivity index (χ2n) is 13.2. The molecule has 0 aromatic heterocycles. The molecular formula is C32H47N3O2. The van der Waals surface area contributed by atoms with Crippen LogP contribution in [0.3, 0.4) is 0 Å². The summed E-state index contributed by atoms with van der Waals surface area (Å²) in [7, 11) is 0. The first-order valence-corrected chi connectivity index (χ1v) is 14.1. The van der Waals surface area contributed by atoms with Crippen LogP contribution in [0, 0.1) is 5.92 Å². The van der Waals surface area contributed by atoms with Crippen LogP contribution in [0.4, 0.5) is 0 Å². The van der Waals surface area contributed by atoms with Crippen LogP contribution in [0.25, 0.3) is 0 Å². The van der Waals surface area contributed by atoms with E-state index < -0.39 is 0 Å². The Hall–Kier alpha value is -2.37. The van der Waals surface area contributed by atoms with Gasteiger partial charge in [-0.1, -0.05) is 84.0 Å². The third-order valence-corrected chi connectivity index (χ3v) is 8.06. The number of aromatic hydroxyl groups is 1. The van der Waals surface area contributed by atoms with Crippen molar-refractivity contribution in [1.29, 1.82) is 0 Å². The summed E-state index contributed by atoms with van der Waals surface area (Å²) >= 11 is 0. The average molecular weight is 506 g/mol. The molecule has 1 N–H and O–H groups in total. The van der Waals surface area contributed by atoms with Crippen molar-refractivity contribution < 1.29 is 9.90 Å². The van der Waals surface area contributed by atoms with Crippen LogP contribution in [0.15, 0.2) is 42.5 Å². The number of phenols is 1. The predicted molar refractivity (Wildman–Crippen MR) is 152 cm³/mol. The van der Waals surface area contributed by atoms with Crippen LogP contribution < -0.4 is 0 Å². The quantitative estimate of drug-likeness (QED) is 0.579. The predicted octanol–water partition coefficient (Wildman–Crippen LogP) is 5.54. The monoisotopic (exact) mass is 505 g/mol. The van der Waals surface area contributed by atoms with E-state index >= 15 is 0 Å². The molecule has 202 valence electrons. The molecule has 0 radical (unpaired) electrons. The Morgan fingerprint density at radius 2 is 1.24 bits per heavy atom. The smallest absolute Gasteiger partial charge is 0.225 e. The van der Waals surface area contributed by atoms with Crippen LogP contribution in [0.2, 0.25) is 0 Å². The minimum Gasteiger partial charge on any atom is -0.507 e. The lowest BCUT2D eigenvalue weighted by atomic mass is 9.78. The van der Waals surface area contributed by atoms with E-state index in [-0.39, 0.29) is 16.7 Å². The molecule has 0 saturated carbocycles. The van der Waals surface area contributed by atoms with Gasteiger partial charge in [-0.15, -0.1) is 0 Å². The molecule has 37 heavy (non-hydrogen) atoms. The number of carbonyl (C=O) groups excluding carboxylic acids is 1. The fourth-order valence-electron chi connectivity index (χ4n) is 5.75. The first-order valence-electron chi connectivity index (χ1n) is 14.1. The number of rotatable bonds is 5. The second kappa shape index (κ2) is 11.2. The molecule has 4 rings (SSSR count). The second-order valence-corrected chi connectivity index (χ2v) is 13.2. The van der Waals surface area contributed by atoms with Crippen LogP contribution in [-0.2, 0) is 28.7 Å². The molecule has 2 aromatic carbocycles. The van der Waals surface area contributed by atoms with E-state index in [9.17, 15) is 9.90 Å². The van der Waals surface area contributed by atoms with Gasteiger partial charge in [0.1, 0.15) is 5.75 Å². The lowest BCUT2D eigenvalue weighted by molar-refractivity contribution is -0.139. The third-order valence-electron chi connectivity index (χ3n) is 8.06. The molecule has 5 heteroatoms. The SMILES string of the molecule is CC(C)(C)c1cc(CN2CCC(C(=O)N3CCN(Cc4ccccc4)CC3)CC2)cc(C(C)(C)C)c1O. The van der Waals surface area contributed by atoms with Crippen LogP contribution in [0.1, 0.15) is 76.6 Å². The Kier molecular flexibility index (Phi) is 8.35. The van der Waals surface area contributed by atoms with Gasteiger partial charge in [-0.3, -0.25) is 14.6 Å². The van der Waals surface area contributed by atoms with Gasteiger partial charge >= 0.3 is 0 Å². The molecule has 2 saturated heterocycles. The fourth-order valence-corrected chi connectivity index (χ4v) is 5.75. The number of hydrogen-bond donors (Lipinski definition) is 1. The normalized spacial score (nSPS) is 18.8. The van der Waals surface area contributed by atoms with Gasteiger partial charge in [0, 0.05) is 45.2 Å². The molecule has 1 amide bonds. The van der Waals surface area contributed by atoms with Crippen LogP contribution >= 0.6 is 0 Å². The van der Waals surface area contributed by atoms with E-state index in [2.05, 4.69) is 98.7 Å². The molecule has 0 aliphatic carbocycles. The molecule has 2 heterocycles. The fraction of sp³-hybridized carbons (Fsp3) is 0.594. The van der Waals surface area contributed by atoms with E-state index in [0.29, 0.717) is 11.7 Å². The average Bonchev–Trinajstić information content (AvgIpc) is 2.85. The zero-order chi connectivity index (χ0) is 26.8.